The van der Waals surface area contributed by atoms with E-state index < -0.39 is 17.4 Å². The van der Waals surface area contributed by atoms with E-state index in [2.05, 4.69) is 12.2 Å². The molecule has 7 heteroatoms. The van der Waals surface area contributed by atoms with Crippen LogP contribution in [0.4, 0.5) is 0 Å². The number of carbonyl (C=O) groups excluding carboxylic acids is 3. The van der Waals surface area contributed by atoms with Crippen molar-refractivity contribution < 1.29 is 29.0 Å². The zero-order valence-electron chi connectivity index (χ0n) is 19.7. The lowest BCUT2D eigenvalue weighted by Crippen LogP contribution is -2.46. The first-order valence-corrected chi connectivity index (χ1v) is 11.6. The number of esters is 2. The summed E-state index contributed by atoms with van der Waals surface area (Å²) in [4.78, 5) is 35.9. The molecule has 0 radical (unpaired) electrons. The topological polar surface area (TPSA) is 102 Å². The van der Waals surface area contributed by atoms with Gasteiger partial charge in [-0.05, 0) is 18.4 Å². The molecule has 0 fully saturated rings. The summed E-state index contributed by atoms with van der Waals surface area (Å²) in [5.74, 6) is -1.20. The molecule has 0 aliphatic carbocycles. The van der Waals surface area contributed by atoms with E-state index in [9.17, 15) is 19.5 Å². The molecule has 0 saturated carbocycles. The van der Waals surface area contributed by atoms with Crippen LogP contribution >= 0.6 is 0 Å². The van der Waals surface area contributed by atoms with Crippen molar-refractivity contribution in [2.45, 2.75) is 84.8 Å². The van der Waals surface area contributed by atoms with Crippen LogP contribution in [0.15, 0.2) is 30.3 Å². The minimum absolute atomic E-state index is 0.0405. The Kier molecular flexibility index (Phi) is 13.3. The lowest BCUT2D eigenvalue weighted by atomic mass is 9.87. The van der Waals surface area contributed by atoms with Gasteiger partial charge in [-0.15, -0.1) is 0 Å². The first-order valence-electron chi connectivity index (χ1n) is 11.6. The highest BCUT2D eigenvalue weighted by molar-refractivity contribution is 5.81. The van der Waals surface area contributed by atoms with Crippen molar-refractivity contribution in [3.63, 3.8) is 0 Å². The SMILES string of the molecule is CCCCCCCC(=O)OCC(C)(C)C(O)C(=O)NCCCC(=O)OCc1ccccc1. The Morgan fingerprint density at radius 3 is 2.25 bits per heavy atom. The van der Waals surface area contributed by atoms with Gasteiger partial charge < -0.3 is 19.9 Å². The molecule has 7 nitrogen and oxygen atoms in total. The third kappa shape index (κ3) is 11.8. The summed E-state index contributed by atoms with van der Waals surface area (Å²) < 4.78 is 10.5. The molecule has 32 heavy (non-hydrogen) atoms. The van der Waals surface area contributed by atoms with E-state index >= 15 is 0 Å². The standard InChI is InChI=1S/C25H39NO6/c1-4-5-6-7-11-15-22(28)32-19-25(2,3)23(29)24(30)26-17-12-16-21(27)31-18-20-13-9-8-10-14-20/h8-10,13-14,23,29H,4-7,11-12,15-19H2,1-3H3,(H,26,30). The molecule has 0 aliphatic heterocycles. The highest BCUT2D eigenvalue weighted by atomic mass is 16.5. The molecule has 1 unspecified atom stereocenters. The second-order valence-electron chi connectivity index (χ2n) is 8.76. The summed E-state index contributed by atoms with van der Waals surface area (Å²) >= 11 is 0. The van der Waals surface area contributed by atoms with Crippen LogP contribution < -0.4 is 5.32 Å². The molecule has 0 bridgehead atoms. The summed E-state index contributed by atoms with van der Waals surface area (Å²) in [6.07, 6.45) is 4.80. The molecule has 2 N–H and O–H groups in total. The lowest BCUT2D eigenvalue weighted by Gasteiger charge is -2.29. The second-order valence-corrected chi connectivity index (χ2v) is 8.76. The number of ether oxygens (including phenoxy) is 2. The Hall–Kier alpha value is -2.41. The normalized spacial score (nSPS) is 12.1. The highest BCUT2D eigenvalue weighted by Crippen LogP contribution is 2.22. The van der Waals surface area contributed by atoms with Gasteiger partial charge in [0.25, 0.3) is 0 Å². The van der Waals surface area contributed by atoms with Crippen molar-refractivity contribution in [1.82, 2.24) is 5.32 Å². The monoisotopic (exact) mass is 449 g/mol. The predicted octanol–water partition coefficient (Wildman–Crippen LogP) is 3.92. The average molecular weight is 450 g/mol. The number of benzene rings is 1. The van der Waals surface area contributed by atoms with Gasteiger partial charge >= 0.3 is 11.9 Å². The van der Waals surface area contributed by atoms with Crippen molar-refractivity contribution >= 4 is 17.8 Å². The largest absolute Gasteiger partial charge is 0.465 e. The van der Waals surface area contributed by atoms with E-state index in [1.54, 1.807) is 13.8 Å². The van der Waals surface area contributed by atoms with Gasteiger partial charge in [0.15, 0.2) is 0 Å². The number of aliphatic hydroxyl groups excluding tert-OH is 1. The molecule has 1 aromatic rings. The smallest absolute Gasteiger partial charge is 0.306 e. The fraction of sp³-hybridized carbons (Fsp3) is 0.640. The third-order valence-electron chi connectivity index (χ3n) is 5.18. The fourth-order valence-electron chi connectivity index (χ4n) is 3.00. The van der Waals surface area contributed by atoms with E-state index in [0.29, 0.717) is 12.8 Å². The van der Waals surface area contributed by atoms with Crippen LogP contribution in [0.2, 0.25) is 0 Å². The van der Waals surface area contributed by atoms with E-state index in [-0.39, 0.29) is 38.1 Å². The zero-order valence-corrected chi connectivity index (χ0v) is 19.7. The van der Waals surface area contributed by atoms with E-state index in [0.717, 1.165) is 37.7 Å². The van der Waals surface area contributed by atoms with Crippen molar-refractivity contribution in [3.05, 3.63) is 35.9 Å². The maximum absolute atomic E-state index is 12.2. The first kappa shape index (κ1) is 27.6. The summed E-state index contributed by atoms with van der Waals surface area (Å²) in [5, 5.41) is 13.0. The fourth-order valence-corrected chi connectivity index (χ4v) is 3.00. The number of nitrogens with one attached hydrogen (secondary N) is 1. The molecule has 1 amide bonds. The van der Waals surface area contributed by atoms with Crippen LogP contribution in [0.1, 0.15) is 77.7 Å². The third-order valence-corrected chi connectivity index (χ3v) is 5.18. The number of aliphatic hydroxyl groups is 1. The number of hydrogen-bond donors (Lipinski definition) is 2. The van der Waals surface area contributed by atoms with Gasteiger partial charge in [-0.2, -0.15) is 0 Å². The number of carbonyl (C=O) groups is 3. The predicted molar refractivity (Wildman–Crippen MR) is 123 cm³/mol. The number of hydrogen-bond acceptors (Lipinski definition) is 6. The number of unbranched alkanes of at least 4 members (excludes halogenated alkanes) is 4. The molecule has 0 aliphatic rings. The lowest BCUT2D eigenvalue weighted by molar-refractivity contribution is -0.153. The van der Waals surface area contributed by atoms with Crippen molar-refractivity contribution in [2.75, 3.05) is 13.2 Å². The van der Waals surface area contributed by atoms with Gasteiger partial charge in [0.1, 0.15) is 12.7 Å². The average Bonchev–Trinajstić information content (AvgIpc) is 2.79. The summed E-state index contributed by atoms with van der Waals surface area (Å²) in [7, 11) is 0. The Labute approximate surface area is 191 Å². The molecule has 0 aromatic heterocycles. The molecular weight excluding hydrogens is 410 g/mol. The molecule has 0 saturated heterocycles. The Bertz CT molecular complexity index is 689. The van der Waals surface area contributed by atoms with Crippen LogP contribution in [0.5, 0.6) is 0 Å². The van der Waals surface area contributed by atoms with E-state index in [1.165, 1.54) is 0 Å². The molecule has 0 spiro atoms. The van der Waals surface area contributed by atoms with Crippen molar-refractivity contribution in [2.24, 2.45) is 5.41 Å². The zero-order chi connectivity index (χ0) is 23.8. The van der Waals surface area contributed by atoms with Gasteiger partial charge in [-0.3, -0.25) is 14.4 Å². The molecule has 180 valence electrons. The first-order chi connectivity index (χ1) is 15.3. The summed E-state index contributed by atoms with van der Waals surface area (Å²) in [6, 6.07) is 9.40. The minimum atomic E-state index is -1.33. The van der Waals surface area contributed by atoms with Crippen LogP contribution in [0.3, 0.4) is 0 Å². The van der Waals surface area contributed by atoms with Crippen molar-refractivity contribution in [3.8, 4) is 0 Å². The van der Waals surface area contributed by atoms with Gasteiger partial charge in [0.2, 0.25) is 5.91 Å². The number of rotatable bonds is 16. The van der Waals surface area contributed by atoms with E-state index in [1.807, 2.05) is 30.3 Å². The van der Waals surface area contributed by atoms with Crippen LogP contribution in [-0.2, 0) is 30.5 Å². The molecule has 0 heterocycles. The van der Waals surface area contributed by atoms with Gasteiger partial charge in [-0.25, -0.2) is 0 Å². The van der Waals surface area contributed by atoms with E-state index in [4.69, 9.17) is 9.47 Å². The van der Waals surface area contributed by atoms with Gasteiger partial charge in [0, 0.05) is 24.8 Å². The van der Waals surface area contributed by atoms with Gasteiger partial charge in [-0.1, -0.05) is 76.8 Å². The highest BCUT2D eigenvalue weighted by Gasteiger charge is 2.34. The maximum atomic E-state index is 12.2. The summed E-state index contributed by atoms with van der Waals surface area (Å²) in [6.45, 7) is 5.90. The second kappa shape index (κ2) is 15.4. The van der Waals surface area contributed by atoms with Crippen molar-refractivity contribution in [1.29, 1.82) is 0 Å². The van der Waals surface area contributed by atoms with Crippen LogP contribution in [-0.4, -0.2) is 42.2 Å². The summed E-state index contributed by atoms with van der Waals surface area (Å²) in [5.41, 5.74) is -0.00646. The minimum Gasteiger partial charge on any atom is -0.465 e. The molecule has 1 rings (SSSR count). The quantitative estimate of drug-likeness (QED) is 0.293. The van der Waals surface area contributed by atoms with Crippen LogP contribution in [0.25, 0.3) is 0 Å². The molecule has 1 atom stereocenters. The Morgan fingerprint density at radius 2 is 1.56 bits per heavy atom. The number of amides is 1. The Balaban J connectivity index is 2.21. The maximum Gasteiger partial charge on any atom is 0.306 e. The van der Waals surface area contributed by atoms with Crippen LogP contribution in [0, 0.1) is 5.41 Å². The van der Waals surface area contributed by atoms with Gasteiger partial charge in [0.05, 0.1) is 6.61 Å². The molecular formula is C25H39NO6. The molecule has 1 aromatic carbocycles. The Morgan fingerprint density at radius 1 is 0.938 bits per heavy atom.